The van der Waals surface area contributed by atoms with E-state index in [-0.39, 0.29) is 0 Å². The fraction of sp³-hybridized carbons (Fsp3) is 0.150. The first-order valence-corrected chi connectivity index (χ1v) is 9.27. The van der Waals surface area contributed by atoms with Crippen LogP contribution in [0.15, 0.2) is 78.9 Å². The van der Waals surface area contributed by atoms with E-state index in [1.165, 1.54) is 10.6 Å². The van der Waals surface area contributed by atoms with Crippen LogP contribution in [-0.2, 0) is 6.16 Å². The minimum Gasteiger partial charge on any atom is -0.363 e. The summed E-state index contributed by atoms with van der Waals surface area (Å²) in [6, 6.07) is 27.8. The zero-order chi connectivity index (χ0) is 16.1. The lowest BCUT2D eigenvalue weighted by Crippen LogP contribution is -2.15. The molecule has 3 aromatic rings. The van der Waals surface area contributed by atoms with Crippen molar-refractivity contribution in [3.63, 3.8) is 0 Å². The molecule has 0 radical (unpaired) electrons. The van der Waals surface area contributed by atoms with Gasteiger partial charge in [-0.15, -0.1) is 0 Å². The van der Waals surface area contributed by atoms with Gasteiger partial charge in [-0.25, -0.2) is 4.98 Å². The maximum Gasteiger partial charge on any atom is 0.128 e. The number of hydrogen-bond donors (Lipinski definition) is 0. The van der Waals surface area contributed by atoms with Gasteiger partial charge in [0.1, 0.15) is 5.82 Å². The largest absolute Gasteiger partial charge is 0.363 e. The normalized spacial score (nSPS) is 10.7. The van der Waals surface area contributed by atoms with Crippen LogP contribution in [0.5, 0.6) is 0 Å². The molecular formula is C20H21N2P. The molecule has 0 unspecified atom stereocenters. The van der Waals surface area contributed by atoms with Crippen LogP contribution in [0.2, 0.25) is 0 Å². The summed E-state index contributed by atoms with van der Waals surface area (Å²) < 4.78 is 0. The highest BCUT2D eigenvalue weighted by Gasteiger charge is 2.15. The van der Waals surface area contributed by atoms with Gasteiger partial charge in [0, 0.05) is 26.0 Å². The Morgan fingerprint density at radius 3 is 1.83 bits per heavy atom. The molecule has 1 aromatic heterocycles. The molecule has 2 aromatic carbocycles. The smallest absolute Gasteiger partial charge is 0.128 e. The minimum atomic E-state index is -0.440. The second kappa shape index (κ2) is 7.39. The summed E-state index contributed by atoms with van der Waals surface area (Å²) in [5, 5.41) is 2.79. The Kier molecular flexibility index (Phi) is 5.05. The number of rotatable bonds is 5. The van der Waals surface area contributed by atoms with Crippen molar-refractivity contribution in [3.05, 3.63) is 84.6 Å². The van der Waals surface area contributed by atoms with E-state index in [2.05, 4.69) is 83.8 Å². The number of benzene rings is 2. The van der Waals surface area contributed by atoms with Crippen molar-refractivity contribution in [2.45, 2.75) is 6.16 Å². The Bertz CT molecular complexity index is 702. The van der Waals surface area contributed by atoms with Crippen molar-refractivity contribution in [3.8, 4) is 0 Å². The highest BCUT2D eigenvalue weighted by atomic mass is 31.1. The quantitative estimate of drug-likeness (QED) is 0.665. The maximum atomic E-state index is 4.81. The predicted octanol–water partition coefficient (Wildman–Crippen LogP) is 3.78. The molecule has 3 rings (SSSR count). The summed E-state index contributed by atoms with van der Waals surface area (Å²) in [6.07, 6.45) is 0.963. The Balaban J connectivity index is 1.95. The molecule has 1 heterocycles. The summed E-state index contributed by atoms with van der Waals surface area (Å²) >= 11 is 0. The van der Waals surface area contributed by atoms with Gasteiger partial charge in [-0.05, 0) is 30.7 Å². The summed E-state index contributed by atoms with van der Waals surface area (Å²) in [7, 11) is 3.62. The standard InChI is InChI=1S/C20H21N2P/c1-22(2)20-15-9-10-17(21-20)16-23(18-11-5-3-6-12-18)19-13-7-4-8-14-19/h3-15H,16H2,1-2H3. The number of anilines is 1. The Morgan fingerprint density at radius 1 is 0.739 bits per heavy atom. The summed E-state index contributed by atoms with van der Waals surface area (Å²) in [5.41, 5.74) is 1.15. The number of nitrogens with zero attached hydrogens (tertiary/aromatic N) is 2. The van der Waals surface area contributed by atoms with Crippen LogP contribution in [0.4, 0.5) is 5.82 Å². The average molecular weight is 320 g/mol. The van der Waals surface area contributed by atoms with E-state index in [1.54, 1.807) is 0 Å². The first-order chi connectivity index (χ1) is 11.2. The number of hydrogen-bond acceptors (Lipinski definition) is 2. The summed E-state index contributed by atoms with van der Waals surface area (Å²) in [6.45, 7) is 0. The van der Waals surface area contributed by atoms with E-state index in [0.29, 0.717) is 0 Å². The van der Waals surface area contributed by atoms with Crippen LogP contribution in [-0.4, -0.2) is 19.1 Å². The molecule has 0 fully saturated rings. The first kappa shape index (κ1) is 15.7. The van der Waals surface area contributed by atoms with Crippen molar-refractivity contribution in [1.82, 2.24) is 4.98 Å². The van der Waals surface area contributed by atoms with Gasteiger partial charge in [0.05, 0.1) is 0 Å². The van der Waals surface area contributed by atoms with Gasteiger partial charge >= 0.3 is 0 Å². The fourth-order valence-electron chi connectivity index (χ4n) is 2.51. The van der Waals surface area contributed by atoms with Gasteiger partial charge in [0.25, 0.3) is 0 Å². The molecule has 0 saturated heterocycles. The first-order valence-electron chi connectivity index (χ1n) is 7.75. The second-order valence-electron chi connectivity index (χ2n) is 5.64. The van der Waals surface area contributed by atoms with Crippen molar-refractivity contribution in [2.75, 3.05) is 19.0 Å². The van der Waals surface area contributed by atoms with Crippen LogP contribution in [0.1, 0.15) is 5.69 Å². The third-order valence-electron chi connectivity index (χ3n) is 3.71. The third-order valence-corrected chi connectivity index (χ3v) is 6.19. The minimum absolute atomic E-state index is 0.440. The van der Waals surface area contributed by atoms with E-state index in [1.807, 2.05) is 14.1 Å². The van der Waals surface area contributed by atoms with E-state index in [9.17, 15) is 0 Å². The van der Waals surface area contributed by atoms with Crippen molar-refractivity contribution in [2.24, 2.45) is 0 Å². The highest BCUT2D eigenvalue weighted by molar-refractivity contribution is 7.72. The molecule has 0 spiro atoms. The Hall–Kier alpha value is -2.18. The van der Waals surface area contributed by atoms with Gasteiger partial charge in [-0.3, -0.25) is 0 Å². The SMILES string of the molecule is CN(C)c1cccc(CP(c2ccccc2)c2ccccc2)n1. The zero-order valence-corrected chi connectivity index (χ0v) is 14.4. The zero-order valence-electron chi connectivity index (χ0n) is 13.6. The molecule has 0 atom stereocenters. The van der Waals surface area contributed by atoms with Crippen LogP contribution in [0.25, 0.3) is 0 Å². The Morgan fingerprint density at radius 2 is 1.30 bits per heavy atom. The van der Waals surface area contributed by atoms with E-state index in [4.69, 9.17) is 4.98 Å². The van der Waals surface area contributed by atoms with Gasteiger partial charge in [0.15, 0.2) is 0 Å². The van der Waals surface area contributed by atoms with Gasteiger partial charge < -0.3 is 4.90 Å². The molecule has 3 heteroatoms. The molecule has 0 aliphatic heterocycles. The lowest BCUT2D eigenvalue weighted by molar-refractivity contribution is 1.04. The lowest BCUT2D eigenvalue weighted by atomic mass is 10.3. The van der Waals surface area contributed by atoms with Crippen molar-refractivity contribution < 1.29 is 0 Å². The van der Waals surface area contributed by atoms with Crippen LogP contribution in [0, 0.1) is 0 Å². The monoisotopic (exact) mass is 320 g/mol. The second-order valence-corrected chi connectivity index (χ2v) is 7.84. The fourth-order valence-corrected chi connectivity index (χ4v) is 4.74. The predicted molar refractivity (Wildman–Crippen MR) is 101 cm³/mol. The molecule has 0 aliphatic rings. The lowest BCUT2D eigenvalue weighted by Gasteiger charge is -2.19. The van der Waals surface area contributed by atoms with Crippen LogP contribution >= 0.6 is 7.92 Å². The van der Waals surface area contributed by atoms with Crippen molar-refractivity contribution in [1.29, 1.82) is 0 Å². The summed E-state index contributed by atoms with van der Waals surface area (Å²) in [4.78, 5) is 6.86. The number of pyridine rings is 1. The van der Waals surface area contributed by atoms with Gasteiger partial charge in [-0.2, -0.15) is 0 Å². The number of aromatic nitrogens is 1. The van der Waals surface area contributed by atoms with Gasteiger partial charge in [-0.1, -0.05) is 66.7 Å². The van der Waals surface area contributed by atoms with Crippen molar-refractivity contribution >= 4 is 24.3 Å². The average Bonchev–Trinajstić information content (AvgIpc) is 2.61. The van der Waals surface area contributed by atoms with E-state index >= 15 is 0 Å². The van der Waals surface area contributed by atoms with Crippen LogP contribution < -0.4 is 15.5 Å². The molecular weight excluding hydrogens is 299 g/mol. The molecule has 0 aliphatic carbocycles. The summed E-state index contributed by atoms with van der Waals surface area (Å²) in [5.74, 6) is 1.01. The molecule has 23 heavy (non-hydrogen) atoms. The maximum absolute atomic E-state index is 4.81. The van der Waals surface area contributed by atoms with Gasteiger partial charge in [0.2, 0.25) is 0 Å². The Labute approximate surface area is 139 Å². The van der Waals surface area contributed by atoms with E-state index < -0.39 is 7.92 Å². The van der Waals surface area contributed by atoms with Crippen LogP contribution in [0.3, 0.4) is 0 Å². The molecule has 116 valence electrons. The molecule has 0 bridgehead atoms. The molecule has 0 N–H and O–H groups in total. The molecule has 0 saturated carbocycles. The highest BCUT2D eigenvalue weighted by Crippen LogP contribution is 2.37. The van der Waals surface area contributed by atoms with E-state index in [0.717, 1.165) is 17.7 Å². The molecule has 0 amide bonds. The third kappa shape index (κ3) is 3.97. The topological polar surface area (TPSA) is 16.1 Å². The molecule has 2 nitrogen and oxygen atoms in total.